The Balaban J connectivity index is 1.46. The molecule has 1 unspecified atom stereocenters. The van der Waals surface area contributed by atoms with Gasteiger partial charge in [0.25, 0.3) is 0 Å². The quantitative estimate of drug-likeness (QED) is 0.870. The Bertz CT molecular complexity index is 719. The first kappa shape index (κ1) is 17.5. The average Bonchev–Trinajstić information content (AvgIpc) is 3.07. The summed E-state index contributed by atoms with van der Waals surface area (Å²) < 4.78 is 18.8. The number of hydrogen-bond acceptors (Lipinski definition) is 5. The van der Waals surface area contributed by atoms with Gasteiger partial charge in [-0.3, -0.25) is 4.79 Å². The molecule has 1 aromatic carbocycles. The summed E-state index contributed by atoms with van der Waals surface area (Å²) in [5, 5.41) is 6.56. The van der Waals surface area contributed by atoms with Crippen molar-refractivity contribution in [2.75, 3.05) is 20.1 Å². The number of nitrogens with one attached hydrogen (secondary N) is 1. The number of piperidine rings is 1. The fraction of sp³-hybridized carbons (Fsp3) is 0.500. The van der Waals surface area contributed by atoms with E-state index in [4.69, 9.17) is 4.52 Å². The van der Waals surface area contributed by atoms with Crippen LogP contribution < -0.4 is 5.32 Å². The summed E-state index contributed by atoms with van der Waals surface area (Å²) in [7, 11) is 2.12. The van der Waals surface area contributed by atoms with Crippen molar-refractivity contribution in [3.05, 3.63) is 36.0 Å². The van der Waals surface area contributed by atoms with Crippen LogP contribution in [0.1, 0.15) is 31.6 Å². The summed E-state index contributed by atoms with van der Waals surface area (Å²) in [6.07, 6.45) is 3.77. The maximum Gasteiger partial charge on any atom is 0.246 e. The molecule has 0 saturated carbocycles. The molecule has 1 aliphatic heterocycles. The van der Waals surface area contributed by atoms with Gasteiger partial charge in [-0.2, -0.15) is 4.98 Å². The second kappa shape index (κ2) is 8.20. The molecule has 2 aromatic rings. The van der Waals surface area contributed by atoms with E-state index in [1.54, 1.807) is 18.2 Å². The van der Waals surface area contributed by atoms with Gasteiger partial charge >= 0.3 is 0 Å². The van der Waals surface area contributed by atoms with E-state index >= 15 is 0 Å². The van der Waals surface area contributed by atoms with Gasteiger partial charge < -0.3 is 14.7 Å². The number of halogens is 1. The zero-order valence-electron chi connectivity index (χ0n) is 14.4. The van der Waals surface area contributed by atoms with E-state index in [1.165, 1.54) is 18.9 Å². The topological polar surface area (TPSA) is 71.3 Å². The summed E-state index contributed by atoms with van der Waals surface area (Å²) in [5.74, 6) is 0.604. The summed E-state index contributed by atoms with van der Waals surface area (Å²) in [6, 6.07) is 6.24. The Morgan fingerprint density at radius 1 is 1.44 bits per heavy atom. The van der Waals surface area contributed by atoms with Crippen molar-refractivity contribution < 1.29 is 13.7 Å². The Hall–Kier alpha value is -2.28. The molecule has 2 heterocycles. The number of nitrogens with zero attached hydrogens (tertiary/aromatic N) is 3. The van der Waals surface area contributed by atoms with Gasteiger partial charge in [-0.05, 0) is 50.9 Å². The van der Waals surface area contributed by atoms with E-state index in [2.05, 4.69) is 27.4 Å². The van der Waals surface area contributed by atoms with Crippen LogP contribution in [0.15, 0.2) is 28.8 Å². The van der Waals surface area contributed by atoms with Gasteiger partial charge in [0.05, 0.1) is 12.1 Å². The molecule has 1 saturated heterocycles. The minimum atomic E-state index is -0.406. The molecule has 1 fully saturated rings. The van der Waals surface area contributed by atoms with Gasteiger partial charge in [-0.15, -0.1) is 0 Å². The van der Waals surface area contributed by atoms with E-state index in [-0.39, 0.29) is 29.7 Å². The maximum atomic E-state index is 13.7. The second-order valence-corrected chi connectivity index (χ2v) is 6.58. The second-order valence-electron chi connectivity index (χ2n) is 6.58. The van der Waals surface area contributed by atoms with Crippen LogP contribution in [0.5, 0.6) is 0 Å². The molecule has 6 nitrogen and oxygen atoms in total. The molecule has 134 valence electrons. The van der Waals surface area contributed by atoms with E-state index < -0.39 is 5.82 Å². The average molecular weight is 346 g/mol. The van der Waals surface area contributed by atoms with E-state index in [0.717, 1.165) is 19.5 Å². The third-order valence-corrected chi connectivity index (χ3v) is 4.52. The highest BCUT2D eigenvalue weighted by atomic mass is 19.1. The van der Waals surface area contributed by atoms with Crippen LogP contribution in [0, 0.1) is 11.7 Å². The highest BCUT2D eigenvalue weighted by Crippen LogP contribution is 2.20. The zero-order valence-corrected chi connectivity index (χ0v) is 14.4. The van der Waals surface area contributed by atoms with Crippen molar-refractivity contribution in [2.45, 2.75) is 32.2 Å². The summed E-state index contributed by atoms with van der Waals surface area (Å²) in [6.45, 7) is 2.36. The fourth-order valence-corrected chi connectivity index (χ4v) is 3.19. The van der Waals surface area contributed by atoms with Crippen molar-refractivity contribution in [3.63, 3.8) is 0 Å². The number of rotatable bonds is 6. The Morgan fingerprint density at radius 3 is 3.08 bits per heavy atom. The number of aromatic nitrogens is 2. The molecule has 0 bridgehead atoms. The molecule has 1 aliphatic rings. The number of carbonyl (C=O) groups excluding carboxylic acids is 1. The molecular weight excluding hydrogens is 323 g/mol. The third-order valence-electron chi connectivity index (χ3n) is 4.52. The van der Waals surface area contributed by atoms with Crippen molar-refractivity contribution in [2.24, 2.45) is 5.92 Å². The fourth-order valence-electron chi connectivity index (χ4n) is 3.19. The molecule has 25 heavy (non-hydrogen) atoms. The smallest absolute Gasteiger partial charge is 0.246 e. The summed E-state index contributed by atoms with van der Waals surface area (Å²) >= 11 is 0. The van der Waals surface area contributed by atoms with Crippen LogP contribution in [0.2, 0.25) is 0 Å². The van der Waals surface area contributed by atoms with Crippen LogP contribution in [-0.4, -0.2) is 41.1 Å². The standard InChI is InChI=1S/C18H23FN4O2/c1-23-10-4-5-13(12-23)8-9-16(24)20-11-17-21-18(22-25-17)14-6-2-3-7-15(14)19/h2-3,6-7,13H,4-5,8-12H2,1H3,(H,20,24). The molecule has 3 rings (SSSR count). The largest absolute Gasteiger partial charge is 0.347 e. The van der Waals surface area contributed by atoms with Crippen LogP contribution in [0.3, 0.4) is 0 Å². The molecule has 1 amide bonds. The number of benzene rings is 1. The lowest BCUT2D eigenvalue weighted by Gasteiger charge is -2.29. The number of hydrogen-bond donors (Lipinski definition) is 1. The van der Waals surface area contributed by atoms with Gasteiger partial charge in [0, 0.05) is 13.0 Å². The predicted molar refractivity (Wildman–Crippen MR) is 91.0 cm³/mol. The minimum Gasteiger partial charge on any atom is -0.347 e. The maximum absolute atomic E-state index is 13.7. The monoisotopic (exact) mass is 346 g/mol. The number of carbonyl (C=O) groups is 1. The van der Waals surface area contributed by atoms with Crippen LogP contribution in [0.4, 0.5) is 4.39 Å². The zero-order chi connectivity index (χ0) is 17.6. The summed E-state index contributed by atoms with van der Waals surface area (Å²) in [4.78, 5) is 18.4. The van der Waals surface area contributed by atoms with Crippen LogP contribution in [-0.2, 0) is 11.3 Å². The molecule has 7 heteroatoms. The van der Waals surface area contributed by atoms with Crippen molar-refractivity contribution >= 4 is 5.91 Å². The lowest BCUT2D eigenvalue weighted by atomic mass is 9.93. The molecule has 0 spiro atoms. The Morgan fingerprint density at radius 2 is 2.28 bits per heavy atom. The lowest BCUT2D eigenvalue weighted by molar-refractivity contribution is -0.121. The Labute approximate surface area is 146 Å². The van der Waals surface area contributed by atoms with E-state index in [0.29, 0.717) is 12.3 Å². The van der Waals surface area contributed by atoms with E-state index in [9.17, 15) is 9.18 Å². The first-order valence-electron chi connectivity index (χ1n) is 8.64. The van der Waals surface area contributed by atoms with Crippen LogP contribution in [0.25, 0.3) is 11.4 Å². The van der Waals surface area contributed by atoms with Gasteiger partial charge in [0.1, 0.15) is 5.82 Å². The molecule has 0 radical (unpaired) electrons. The molecule has 1 atom stereocenters. The van der Waals surface area contributed by atoms with Crippen molar-refractivity contribution in [1.82, 2.24) is 20.4 Å². The molecule has 1 aromatic heterocycles. The Kier molecular flexibility index (Phi) is 5.75. The predicted octanol–water partition coefficient (Wildman–Crippen LogP) is 2.61. The van der Waals surface area contributed by atoms with E-state index in [1.807, 2.05) is 0 Å². The van der Waals surface area contributed by atoms with Gasteiger partial charge in [-0.25, -0.2) is 4.39 Å². The number of amides is 1. The van der Waals surface area contributed by atoms with Gasteiger partial charge in [0.15, 0.2) is 0 Å². The van der Waals surface area contributed by atoms with Gasteiger partial charge in [0.2, 0.25) is 17.6 Å². The molecule has 1 N–H and O–H groups in total. The number of likely N-dealkylation sites (tertiary alicyclic amines) is 1. The first-order valence-corrected chi connectivity index (χ1v) is 8.64. The normalized spacial score (nSPS) is 18.2. The van der Waals surface area contributed by atoms with Gasteiger partial charge in [-0.1, -0.05) is 17.3 Å². The van der Waals surface area contributed by atoms with Crippen molar-refractivity contribution in [1.29, 1.82) is 0 Å². The molecule has 0 aliphatic carbocycles. The third kappa shape index (κ3) is 4.85. The van der Waals surface area contributed by atoms with Crippen LogP contribution >= 0.6 is 0 Å². The SMILES string of the molecule is CN1CCCC(CCC(=O)NCc2nc(-c3ccccc3F)no2)C1. The minimum absolute atomic E-state index is 0.0288. The summed E-state index contributed by atoms with van der Waals surface area (Å²) in [5.41, 5.74) is 0.283. The molecular formula is C18H23FN4O2. The lowest BCUT2D eigenvalue weighted by Crippen LogP contribution is -2.33. The van der Waals surface area contributed by atoms with Crippen molar-refractivity contribution in [3.8, 4) is 11.4 Å². The highest BCUT2D eigenvalue weighted by molar-refractivity contribution is 5.75. The highest BCUT2D eigenvalue weighted by Gasteiger charge is 2.18. The first-order chi connectivity index (χ1) is 12.1.